The lowest BCUT2D eigenvalue weighted by atomic mass is 10.2. The molecule has 1 aliphatic heterocycles. The lowest BCUT2D eigenvalue weighted by molar-refractivity contribution is -0.125. The van der Waals surface area contributed by atoms with Crippen LogP contribution >= 0.6 is 0 Å². The largest absolute Gasteiger partial charge is 0.485 e. The first-order chi connectivity index (χ1) is 12.3. The molecule has 1 atom stereocenters. The number of hydrogen-bond acceptors (Lipinski definition) is 5. The van der Waals surface area contributed by atoms with E-state index in [-0.39, 0.29) is 18.5 Å². The molecular weight excluding hydrogens is 320 g/mol. The maximum atomic E-state index is 12.3. The maximum absolute atomic E-state index is 12.3. The summed E-state index contributed by atoms with van der Waals surface area (Å²) in [7, 11) is 0. The SMILES string of the molecule is O=C(Nc1ncn(Cc2ccccc2)n1)[C@@H]1COc2ccccc2O1. The number of fused-ring (bicyclic) bond motifs is 1. The fourth-order valence-electron chi connectivity index (χ4n) is 2.54. The number of carbonyl (C=O) groups is 1. The molecule has 0 saturated heterocycles. The second-order valence-corrected chi connectivity index (χ2v) is 5.60. The van der Waals surface area contributed by atoms with E-state index in [1.807, 2.05) is 42.5 Å². The molecule has 1 amide bonds. The van der Waals surface area contributed by atoms with Gasteiger partial charge in [-0.3, -0.25) is 10.1 Å². The zero-order chi connectivity index (χ0) is 17.1. The highest BCUT2D eigenvalue weighted by Gasteiger charge is 2.28. The van der Waals surface area contributed by atoms with Crippen molar-refractivity contribution < 1.29 is 14.3 Å². The zero-order valence-electron chi connectivity index (χ0n) is 13.3. The molecule has 0 saturated carbocycles. The molecule has 7 heteroatoms. The zero-order valence-corrected chi connectivity index (χ0v) is 13.3. The molecule has 0 fully saturated rings. The van der Waals surface area contributed by atoms with E-state index in [2.05, 4.69) is 15.4 Å². The van der Waals surface area contributed by atoms with Gasteiger partial charge >= 0.3 is 0 Å². The molecule has 0 unspecified atom stereocenters. The summed E-state index contributed by atoms with van der Waals surface area (Å²) in [6.45, 7) is 0.730. The van der Waals surface area contributed by atoms with E-state index in [0.717, 1.165) is 5.56 Å². The Balaban J connectivity index is 1.39. The average Bonchev–Trinajstić information content (AvgIpc) is 3.09. The highest BCUT2D eigenvalue weighted by molar-refractivity contribution is 5.93. The Labute approximate surface area is 144 Å². The minimum absolute atomic E-state index is 0.146. The van der Waals surface area contributed by atoms with E-state index in [1.54, 1.807) is 23.1 Å². The van der Waals surface area contributed by atoms with Crippen LogP contribution in [0.15, 0.2) is 60.9 Å². The van der Waals surface area contributed by atoms with E-state index < -0.39 is 6.10 Å². The van der Waals surface area contributed by atoms with Crippen molar-refractivity contribution in [2.24, 2.45) is 0 Å². The Morgan fingerprint density at radius 1 is 1.12 bits per heavy atom. The third kappa shape index (κ3) is 3.45. The van der Waals surface area contributed by atoms with Crippen LogP contribution in [-0.2, 0) is 11.3 Å². The van der Waals surface area contributed by atoms with Crippen molar-refractivity contribution in [3.05, 3.63) is 66.5 Å². The minimum atomic E-state index is -0.740. The van der Waals surface area contributed by atoms with Gasteiger partial charge in [-0.15, -0.1) is 5.10 Å². The molecule has 0 spiro atoms. The van der Waals surface area contributed by atoms with E-state index >= 15 is 0 Å². The van der Waals surface area contributed by atoms with Crippen molar-refractivity contribution in [2.45, 2.75) is 12.6 Å². The van der Waals surface area contributed by atoms with Gasteiger partial charge in [0.15, 0.2) is 11.5 Å². The first-order valence-corrected chi connectivity index (χ1v) is 7.91. The topological polar surface area (TPSA) is 78.3 Å². The molecule has 2 heterocycles. The number of para-hydroxylation sites is 2. The predicted octanol–water partition coefficient (Wildman–Crippen LogP) is 2.10. The summed E-state index contributed by atoms with van der Waals surface area (Å²) in [6.07, 6.45) is 0.840. The first-order valence-electron chi connectivity index (χ1n) is 7.91. The Morgan fingerprint density at radius 2 is 1.88 bits per heavy atom. The van der Waals surface area contributed by atoms with Gasteiger partial charge < -0.3 is 9.47 Å². The quantitative estimate of drug-likeness (QED) is 0.789. The van der Waals surface area contributed by atoms with Gasteiger partial charge in [0, 0.05) is 0 Å². The molecule has 3 aromatic rings. The lowest BCUT2D eigenvalue weighted by Crippen LogP contribution is -2.40. The Bertz CT molecular complexity index is 879. The van der Waals surface area contributed by atoms with Crippen LogP contribution in [0.5, 0.6) is 11.5 Å². The number of aromatic nitrogens is 3. The molecule has 126 valence electrons. The van der Waals surface area contributed by atoms with Gasteiger partial charge in [-0.2, -0.15) is 0 Å². The van der Waals surface area contributed by atoms with Crippen LogP contribution < -0.4 is 14.8 Å². The van der Waals surface area contributed by atoms with Crippen LogP contribution in [0.1, 0.15) is 5.56 Å². The summed E-state index contributed by atoms with van der Waals surface area (Å²) in [6, 6.07) is 17.1. The molecule has 0 bridgehead atoms. The van der Waals surface area contributed by atoms with Gasteiger partial charge in [-0.25, -0.2) is 9.67 Å². The van der Waals surface area contributed by atoms with Crippen molar-refractivity contribution >= 4 is 11.9 Å². The van der Waals surface area contributed by atoms with Crippen molar-refractivity contribution in [1.82, 2.24) is 14.8 Å². The summed E-state index contributed by atoms with van der Waals surface area (Å²) in [5, 5.41) is 6.92. The molecule has 1 aliphatic rings. The number of amides is 1. The van der Waals surface area contributed by atoms with Crippen LogP contribution in [0.4, 0.5) is 5.95 Å². The van der Waals surface area contributed by atoms with Crippen molar-refractivity contribution in [3.8, 4) is 11.5 Å². The van der Waals surface area contributed by atoms with E-state index in [1.165, 1.54) is 0 Å². The number of ether oxygens (including phenoxy) is 2. The number of rotatable bonds is 4. The smallest absolute Gasteiger partial charge is 0.271 e. The Morgan fingerprint density at radius 3 is 2.72 bits per heavy atom. The number of anilines is 1. The average molecular weight is 336 g/mol. The van der Waals surface area contributed by atoms with Crippen LogP contribution in [0, 0.1) is 0 Å². The molecule has 0 aliphatic carbocycles. The number of hydrogen-bond donors (Lipinski definition) is 1. The fourth-order valence-corrected chi connectivity index (χ4v) is 2.54. The molecule has 4 rings (SSSR count). The third-order valence-electron chi connectivity index (χ3n) is 3.76. The highest BCUT2D eigenvalue weighted by atomic mass is 16.6. The van der Waals surface area contributed by atoms with Gasteiger partial charge in [0.2, 0.25) is 12.1 Å². The van der Waals surface area contributed by atoms with Gasteiger partial charge in [0.05, 0.1) is 6.54 Å². The molecule has 0 radical (unpaired) electrons. The lowest BCUT2D eigenvalue weighted by Gasteiger charge is -2.25. The van der Waals surface area contributed by atoms with Crippen molar-refractivity contribution in [3.63, 3.8) is 0 Å². The molecule has 7 nitrogen and oxygen atoms in total. The molecule has 2 aromatic carbocycles. The van der Waals surface area contributed by atoms with Crippen LogP contribution in [-0.4, -0.2) is 33.4 Å². The van der Waals surface area contributed by atoms with Crippen molar-refractivity contribution in [1.29, 1.82) is 0 Å². The monoisotopic (exact) mass is 336 g/mol. The summed E-state index contributed by atoms with van der Waals surface area (Å²) >= 11 is 0. The van der Waals surface area contributed by atoms with Crippen LogP contribution in [0.3, 0.4) is 0 Å². The molecule has 1 aromatic heterocycles. The van der Waals surface area contributed by atoms with Crippen LogP contribution in [0.2, 0.25) is 0 Å². The summed E-state index contributed by atoms with van der Waals surface area (Å²) < 4.78 is 12.9. The predicted molar refractivity (Wildman–Crippen MR) is 90.5 cm³/mol. The van der Waals surface area contributed by atoms with Crippen molar-refractivity contribution in [2.75, 3.05) is 11.9 Å². The first kappa shape index (κ1) is 15.2. The maximum Gasteiger partial charge on any atom is 0.271 e. The van der Waals surface area contributed by atoms with E-state index in [0.29, 0.717) is 18.0 Å². The van der Waals surface area contributed by atoms with Gasteiger partial charge in [0.1, 0.15) is 12.9 Å². The molecule has 1 N–H and O–H groups in total. The summed E-state index contributed by atoms with van der Waals surface area (Å²) in [5.74, 6) is 1.09. The van der Waals surface area contributed by atoms with E-state index in [4.69, 9.17) is 9.47 Å². The Kier molecular flexibility index (Phi) is 4.04. The second kappa shape index (κ2) is 6.64. The standard InChI is InChI=1S/C18H16N4O3/c23-17(16-11-24-14-8-4-5-9-15(14)25-16)20-18-19-12-22(21-18)10-13-6-2-1-3-7-13/h1-9,12,16H,10-11H2,(H,20,21,23)/t16-/m0/s1. The number of nitrogens with zero attached hydrogens (tertiary/aromatic N) is 3. The third-order valence-corrected chi connectivity index (χ3v) is 3.76. The minimum Gasteiger partial charge on any atom is -0.485 e. The van der Waals surface area contributed by atoms with Gasteiger partial charge in [-0.1, -0.05) is 42.5 Å². The van der Waals surface area contributed by atoms with Crippen LogP contribution in [0.25, 0.3) is 0 Å². The Hall–Kier alpha value is -3.35. The molecular formula is C18H16N4O3. The highest BCUT2D eigenvalue weighted by Crippen LogP contribution is 2.31. The number of nitrogens with one attached hydrogen (secondary N) is 1. The van der Waals surface area contributed by atoms with Gasteiger partial charge in [-0.05, 0) is 17.7 Å². The van der Waals surface area contributed by atoms with Gasteiger partial charge in [0.25, 0.3) is 5.91 Å². The van der Waals surface area contributed by atoms with E-state index in [9.17, 15) is 4.79 Å². The number of benzene rings is 2. The second-order valence-electron chi connectivity index (χ2n) is 5.60. The summed E-state index contributed by atoms with van der Waals surface area (Å²) in [4.78, 5) is 16.5. The fraction of sp³-hybridized carbons (Fsp3) is 0.167. The normalized spacial score (nSPS) is 15.6. The summed E-state index contributed by atoms with van der Waals surface area (Å²) in [5.41, 5.74) is 1.10. The number of carbonyl (C=O) groups excluding carboxylic acids is 1. The molecule has 25 heavy (non-hydrogen) atoms.